The lowest BCUT2D eigenvalue weighted by atomic mass is 10.1. The van der Waals surface area contributed by atoms with Gasteiger partial charge in [-0.2, -0.15) is 0 Å². The van der Waals surface area contributed by atoms with Gasteiger partial charge in [0.1, 0.15) is 13.2 Å². The van der Waals surface area contributed by atoms with Crippen molar-refractivity contribution in [2.75, 3.05) is 13.2 Å². The summed E-state index contributed by atoms with van der Waals surface area (Å²) in [6.07, 6.45) is 64.5. The number of carbonyl (C=O) groups is 3. The minimum Gasteiger partial charge on any atom is -0.462 e. The highest BCUT2D eigenvalue weighted by atomic mass is 16.6. The van der Waals surface area contributed by atoms with Crippen LogP contribution in [0.5, 0.6) is 0 Å². The normalized spacial score (nSPS) is 12.8. The Morgan fingerprint density at radius 1 is 0.339 bits per heavy atom. The van der Waals surface area contributed by atoms with Crippen LogP contribution in [0.2, 0.25) is 0 Å². The minimum absolute atomic E-state index is 0.0811. The van der Waals surface area contributed by atoms with Crippen LogP contribution in [0.3, 0.4) is 0 Å². The maximum absolute atomic E-state index is 12.7. The van der Waals surface area contributed by atoms with Crippen molar-refractivity contribution in [3.8, 4) is 0 Å². The molecule has 6 heteroatoms. The molecule has 354 valence electrons. The second kappa shape index (κ2) is 50.2. The summed E-state index contributed by atoms with van der Waals surface area (Å²) >= 11 is 0. The average Bonchev–Trinajstić information content (AvgIpc) is 3.27. The van der Waals surface area contributed by atoms with Crippen molar-refractivity contribution < 1.29 is 28.6 Å². The molecule has 0 N–H and O–H groups in total. The standard InChI is InChI=1S/C56H94O6/c1-4-7-10-13-16-18-20-21-22-23-24-25-26-27-28-29-30-31-32-33-34-35-36-38-40-43-46-49-55(58)61-52-53(51-60-54(57)48-45-42-39-15-12-9-6-3)62-56(59)50-47-44-41-37-19-17-14-11-8-5-2/h7,10,16,18,21-22,24-25,27-28,30-31,33-34,53H,4-6,8-9,11-15,17,19-20,23,26,29,32,35-52H2,1-3H3/b10-7-,18-16-,22-21-,25-24-,28-27-,31-30-,34-33-. The van der Waals surface area contributed by atoms with E-state index in [1.807, 2.05) is 0 Å². The Balaban J connectivity index is 4.19. The molecule has 0 bridgehead atoms. The highest BCUT2D eigenvalue weighted by Crippen LogP contribution is 2.14. The molecule has 0 aliphatic rings. The van der Waals surface area contributed by atoms with Crippen molar-refractivity contribution in [3.05, 3.63) is 85.1 Å². The van der Waals surface area contributed by atoms with E-state index in [1.54, 1.807) is 0 Å². The molecule has 0 aliphatic heterocycles. The van der Waals surface area contributed by atoms with E-state index >= 15 is 0 Å². The zero-order chi connectivity index (χ0) is 45.1. The molecule has 0 rings (SSSR count). The van der Waals surface area contributed by atoms with Crippen LogP contribution in [0, 0.1) is 0 Å². The van der Waals surface area contributed by atoms with Crippen LogP contribution >= 0.6 is 0 Å². The van der Waals surface area contributed by atoms with Crippen LogP contribution in [-0.2, 0) is 28.6 Å². The zero-order valence-corrected chi connectivity index (χ0v) is 40.4. The molecule has 0 saturated heterocycles. The van der Waals surface area contributed by atoms with Gasteiger partial charge in [-0.3, -0.25) is 14.4 Å². The van der Waals surface area contributed by atoms with Crippen molar-refractivity contribution >= 4 is 17.9 Å². The van der Waals surface area contributed by atoms with Crippen molar-refractivity contribution in [1.29, 1.82) is 0 Å². The first-order valence-electron chi connectivity index (χ1n) is 25.6. The number of allylic oxidation sites excluding steroid dienone is 14. The van der Waals surface area contributed by atoms with Gasteiger partial charge in [-0.15, -0.1) is 0 Å². The fourth-order valence-electron chi connectivity index (χ4n) is 6.83. The molecular formula is C56H94O6. The Morgan fingerprint density at radius 2 is 0.629 bits per heavy atom. The lowest BCUT2D eigenvalue weighted by Crippen LogP contribution is -2.30. The van der Waals surface area contributed by atoms with Gasteiger partial charge in [0.05, 0.1) is 0 Å². The maximum Gasteiger partial charge on any atom is 0.306 e. The molecule has 0 heterocycles. The molecule has 0 aromatic heterocycles. The van der Waals surface area contributed by atoms with Gasteiger partial charge in [-0.05, 0) is 77.0 Å². The Morgan fingerprint density at radius 3 is 0.984 bits per heavy atom. The van der Waals surface area contributed by atoms with Crippen LogP contribution in [0.25, 0.3) is 0 Å². The highest BCUT2D eigenvalue weighted by molar-refractivity contribution is 5.71. The van der Waals surface area contributed by atoms with E-state index in [-0.39, 0.29) is 31.1 Å². The lowest BCUT2D eigenvalue weighted by molar-refractivity contribution is -0.167. The third-order valence-corrected chi connectivity index (χ3v) is 10.7. The molecule has 0 aromatic rings. The lowest BCUT2D eigenvalue weighted by Gasteiger charge is -2.18. The zero-order valence-electron chi connectivity index (χ0n) is 40.4. The Labute approximate surface area is 382 Å². The molecule has 0 spiro atoms. The molecule has 0 radical (unpaired) electrons. The predicted octanol–water partition coefficient (Wildman–Crippen LogP) is 16.8. The fourth-order valence-corrected chi connectivity index (χ4v) is 6.83. The second-order valence-corrected chi connectivity index (χ2v) is 16.7. The Kier molecular flexibility index (Phi) is 47.5. The maximum atomic E-state index is 12.7. The number of hydrogen-bond acceptors (Lipinski definition) is 6. The summed E-state index contributed by atoms with van der Waals surface area (Å²) in [6, 6.07) is 0. The smallest absolute Gasteiger partial charge is 0.306 e. The van der Waals surface area contributed by atoms with E-state index in [4.69, 9.17) is 14.2 Å². The third-order valence-electron chi connectivity index (χ3n) is 10.7. The van der Waals surface area contributed by atoms with E-state index in [0.717, 1.165) is 122 Å². The summed E-state index contributed by atoms with van der Waals surface area (Å²) in [5.74, 6) is -0.911. The number of unbranched alkanes of at least 4 members (excludes halogenated alkanes) is 20. The largest absolute Gasteiger partial charge is 0.462 e. The number of hydrogen-bond donors (Lipinski definition) is 0. The summed E-state index contributed by atoms with van der Waals surface area (Å²) < 4.78 is 16.7. The molecule has 62 heavy (non-hydrogen) atoms. The van der Waals surface area contributed by atoms with Crippen molar-refractivity contribution in [1.82, 2.24) is 0 Å². The Hall–Kier alpha value is -3.41. The minimum atomic E-state index is -0.778. The number of carbonyl (C=O) groups excluding carboxylic acids is 3. The summed E-state index contributed by atoms with van der Waals surface area (Å²) in [5.41, 5.74) is 0. The molecule has 0 fully saturated rings. The van der Waals surface area contributed by atoms with E-state index in [1.165, 1.54) is 70.6 Å². The van der Waals surface area contributed by atoms with E-state index in [9.17, 15) is 14.4 Å². The van der Waals surface area contributed by atoms with Crippen LogP contribution in [0.15, 0.2) is 85.1 Å². The second-order valence-electron chi connectivity index (χ2n) is 16.7. The van der Waals surface area contributed by atoms with Crippen LogP contribution in [0.1, 0.15) is 233 Å². The van der Waals surface area contributed by atoms with Gasteiger partial charge in [0, 0.05) is 19.3 Å². The molecule has 6 nitrogen and oxygen atoms in total. The van der Waals surface area contributed by atoms with Crippen LogP contribution < -0.4 is 0 Å². The molecule has 0 aliphatic carbocycles. The number of ether oxygens (including phenoxy) is 3. The summed E-state index contributed by atoms with van der Waals surface area (Å²) in [5, 5.41) is 0. The van der Waals surface area contributed by atoms with Gasteiger partial charge in [-0.1, -0.05) is 221 Å². The quantitative estimate of drug-likeness (QED) is 0.0263. The monoisotopic (exact) mass is 863 g/mol. The van der Waals surface area contributed by atoms with Crippen molar-refractivity contribution in [3.63, 3.8) is 0 Å². The first-order valence-corrected chi connectivity index (χ1v) is 25.6. The van der Waals surface area contributed by atoms with Gasteiger partial charge in [0.15, 0.2) is 6.10 Å². The van der Waals surface area contributed by atoms with E-state index in [0.29, 0.717) is 19.3 Å². The summed E-state index contributed by atoms with van der Waals surface area (Å²) in [7, 11) is 0. The first-order chi connectivity index (χ1) is 30.5. The highest BCUT2D eigenvalue weighted by Gasteiger charge is 2.19. The summed E-state index contributed by atoms with van der Waals surface area (Å²) in [4.78, 5) is 37.7. The SMILES string of the molecule is CC/C=C\C/C=C\C/C=C\C/C=C\C/C=C\C/C=C\C/C=C\CCCCCCCC(=O)OCC(COC(=O)CCCCCCCCC)OC(=O)CCCCCCCCCCCC. The topological polar surface area (TPSA) is 78.9 Å². The molecule has 0 aromatic carbocycles. The van der Waals surface area contributed by atoms with Crippen molar-refractivity contribution in [2.24, 2.45) is 0 Å². The van der Waals surface area contributed by atoms with E-state index < -0.39 is 6.10 Å². The van der Waals surface area contributed by atoms with Crippen LogP contribution in [-0.4, -0.2) is 37.2 Å². The fraction of sp³-hybridized carbons (Fsp3) is 0.696. The Bertz CT molecular complexity index is 1220. The molecule has 1 unspecified atom stereocenters. The van der Waals surface area contributed by atoms with E-state index in [2.05, 4.69) is 106 Å². The van der Waals surface area contributed by atoms with Gasteiger partial charge >= 0.3 is 17.9 Å². The molecule has 1 atom stereocenters. The number of esters is 3. The third kappa shape index (κ3) is 47.6. The molecule has 0 saturated carbocycles. The van der Waals surface area contributed by atoms with Crippen molar-refractivity contribution in [2.45, 2.75) is 239 Å². The van der Waals surface area contributed by atoms with Crippen LogP contribution in [0.4, 0.5) is 0 Å². The molecular weight excluding hydrogens is 769 g/mol. The molecule has 0 amide bonds. The van der Waals surface area contributed by atoms with Gasteiger partial charge < -0.3 is 14.2 Å². The van der Waals surface area contributed by atoms with Gasteiger partial charge in [0.25, 0.3) is 0 Å². The predicted molar refractivity (Wildman–Crippen MR) is 265 cm³/mol. The first kappa shape index (κ1) is 58.6. The van der Waals surface area contributed by atoms with Gasteiger partial charge in [-0.25, -0.2) is 0 Å². The van der Waals surface area contributed by atoms with Gasteiger partial charge in [0.2, 0.25) is 0 Å². The number of rotatable bonds is 45. The summed E-state index contributed by atoms with van der Waals surface area (Å²) in [6.45, 7) is 6.44. The average molecular weight is 863 g/mol.